The number of carbonyl (C=O) groups excluding carboxylic acids is 2. The molecule has 0 spiro atoms. The first kappa shape index (κ1) is 13.3. The van der Waals surface area contributed by atoms with Gasteiger partial charge in [-0.25, -0.2) is 0 Å². The van der Waals surface area contributed by atoms with Gasteiger partial charge in [-0.2, -0.15) is 0 Å². The van der Waals surface area contributed by atoms with Gasteiger partial charge in [0.1, 0.15) is 0 Å². The van der Waals surface area contributed by atoms with Gasteiger partial charge in [-0.05, 0) is 12.8 Å². The van der Waals surface area contributed by atoms with E-state index in [1.165, 1.54) is 0 Å². The van der Waals surface area contributed by atoms with E-state index in [4.69, 9.17) is 0 Å². The van der Waals surface area contributed by atoms with Crippen molar-refractivity contribution in [1.82, 2.24) is 15.5 Å². The van der Waals surface area contributed by atoms with Gasteiger partial charge in [0.25, 0.3) is 0 Å². The molecule has 0 radical (unpaired) electrons. The lowest BCUT2D eigenvalue weighted by atomic mass is 10.0. The Morgan fingerprint density at radius 2 is 2.11 bits per heavy atom. The fourth-order valence-corrected chi connectivity index (χ4v) is 2.79. The van der Waals surface area contributed by atoms with Crippen LogP contribution >= 0.6 is 0 Å². The maximum absolute atomic E-state index is 12.5. The Labute approximate surface area is 108 Å². The third-order valence-electron chi connectivity index (χ3n) is 4.07. The number of nitrogens with one attached hydrogen (secondary N) is 2. The minimum Gasteiger partial charge on any atom is -0.355 e. The third-order valence-corrected chi connectivity index (χ3v) is 4.07. The predicted octanol–water partition coefficient (Wildman–Crippen LogP) is 0.112. The van der Waals surface area contributed by atoms with Crippen molar-refractivity contribution in [2.45, 2.75) is 45.2 Å². The van der Waals surface area contributed by atoms with Crippen LogP contribution in [0.1, 0.15) is 33.1 Å². The molecule has 2 aliphatic heterocycles. The van der Waals surface area contributed by atoms with Gasteiger partial charge in [0.15, 0.2) is 0 Å². The number of piperazine rings is 1. The second-order valence-electron chi connectivity index (χ2n) is 5.27. The van der Waals surface area contributed by atoms with Gasteiger partial charge in [0.05, 0.1) is 5.92 Å². The highest BCUT2D eigenvalue weighted by Gasteiger charge is 2.36. The molecule has 0 bridgehead atoms. The highest BCUT2D eigenvalue weighted by atomic mass is 16.2. The topological polar surface area (TPSA) is 61.4 Å². The smallest absolute Gasteiger partial charge is 0.228 e. The second-order valence-corrected chi connectivity index (χ2v) is 5.27. The Kier molecular flexibility index (Phi) is 4.22. The lowest BCUT2D eigenvalue weighted by Crippen LogP contribution is -2.59. The molecule has 2 heterocycles. The van der Waals surface area contributed by atoms with Crippen molar-refractivity contribution >= 4 is 11.8 Å². The van der Waals surface area contributed by atoms with E-state index in [2.05, 4.69) is 24.5 Å². The van der Waals surface area contributed by atoms with E-state index in [0.717, 1.165) is 25.9 Å². The van der Waals surface area contributed by atoms with E-state index in [0.29, 0.717) is 19.0 Å². The number of hydrogen-bond acceptors (Lipinski definition) is 3. The number of amides is 2. The standard InChI is InChI=1S/C13H23N3O2/c1-3-10-8-16(11(4-2)7-14-10)13(18)9-5-12(17)15-6-9/h9-11,14H,3-8H2,1-2H3,(H,15,17). The molecular formula is C13H23N3O2. The van der Waals surface area contributed by atoms with Crippen LogP contribution in [0, 0.1) is 5.92 Å². The molecule has 2 rings (SSSR count). The van der Waals surface area contributed by atoms with Crippen LogP contribution in [0.5, 0.6) is 0 Å². The quantitative estimate of drug-likeness (QED) is 0.750. The summed E-state index contributed by atoms with van der Waals surface area (Å²) in [4.78, 5) is 25.7. The third kappa shape index (κ3) is 2.66. The average molecular weight is 253 g/mol. The van der Waals surface area contributed by atoms with E-state index in [1.54, 1.807) is 0 Å². The molecule has 3 atom stereocenters. The number of rotatable bonds is 3. The Balaban J connectivity index is 2.03. The van der Waals surface area contributed by atoms with Crippen molar-refractivity contribution in [3.8, 4) is 0 Å². The highest BCUT2D eigenvalue weighted by molar-refractivity contribution is 5.89. The summed E-state index contributed by atoms with van der Waals surface area (Å²) in [6.45, 7) is 6.40. The van der Waals surface area contributed by atoms with Crippen LogP contribution in [-0.4, -0.2) is 48.4 Å². The normalized spacial score (nSPS) is 32.4. The first-order valence-corrected chi connectivity index (χ1v) is 6.96. The van der Waals surface area contributed by atoms with Gasteiger partial charge >= 0.3 is 0 Å². The van der Waals surface area contributed by atoms with E-state index in [1.807, 2.05) is 4.90 Å². The van der Waals surface area contributed by atoms with Crippen LogP contribution in [0.3, 0.4) is 0 Å². The first-order valence-electron chi connectivity index (χ1n) is 6.96. The van der Waals surface area contributed by atoms with E-state index in [-0.39, 0.29) is 23.8 Å². The number of nitrogens with zero attached hydrogens (tertiary/aromatic N) is 1. The first-order chi connectivity index (χ1) is 8.65. The zero-order valence-electron chi connectivity index (χ0n) is 11.2. The molecule has 3 unspecified atom stereocenters. The molecule has 0 saturated carbocycles. The summed E-state index contributed by atoms with van der Waals surface area (Å²) in [5.41, 5.74) is 0. The molecule has 2 aliphatic rings. The fourth-order valence-electron chi connectivity index (χ4n) is 2.79. The van der Waals surface area contributed by atoms with Crippen molar-refractivity contribution in [3.05, 3.63) is 0 Å². The maximum Gasteiger partial charge on any atom is 0.228 e. The minimum atomic E-state index is -0.151. The molecule has 2 N–H and O–H groups in total. The summed E-state index contributed by atoms with van der Waals surface area (Å²) >= 11 is 0. The summed E-state index contributed by atoms with van der Waals surface area (Å²) < 4.78 is 0. The van der Waals surface area contributed by atoms with Gasteiger partial charge in [-0.3, -0.25) is 9.59 Å². The maximum atomic E-state index is 12.5. The Morgan fingerprint density at radius 3 is 2.67 bits per heavy atom. The van der Waals surface area contributed by atoms with E-state index < -0.39 is 0 Å². The summed E-state index contributed by atoms with van der Waals surface area (Å²) in [5.74, 6) is 0.00544. The summed E-state index contributed by atoms with van der Waals surface area (Å²) in [6, 6.07) is 0.665. The molecule has 0 aromatic rings. The van der Waals surface area contributed by atoms with Crippen LogP contribution in [0.15, 0.2) is 0 Å². The molecule has 2 fully saturated rings. The monoisotopic (exact) mass is 253 g/mol. The second kappa shape index (κ2) is 5.69. The number of hydrogen-bond donors (Lipinski definition) is 2. The Morgan fingerprint density at radius 1 is 1.33 bits per heavy atom. The predicted molar refractivity (Wildman–Crippen MR) is 69.0 cm³/mol. The van der Waals surface area contributed by atoms with Crippen molar-refractivity contribution < 1.29 is 9.59 Å². The van der Waals surface area contributed by atoms with Gasteiger partial charge in [0, 0.05) is 38.1 Å². The average Bonchev–Trinajstić information content (AvgIpc) is 2.83. The van der Waals surface area contributed by atoms with Gasteiger partial charge < -0.3 is 15.5 Å². The van der Waals surface area contributed by atoms with Gasteiger partial charge in [-0.15, -0.1) is 0 Å². The lowest BCUT2D eigenvalue weighted by Gasteiger charge is -2.41. The largest absolute Gasteiger partial charge is 0.355 e. The Bertz CT molecular complexity index is 332. The van der Waals surface area contributed by atoms with Gasteiger partial charge in [-0.1, -0.05) is 13.8 Å². The van der Waals surface area contributed by atoms with Crippen molar-refractivity contribution in [3.63, 3.8) is 0 Å². The molecule has 102 valence electrons. The minimum absolute atomic E-state index is 0.00331. The summed E-state index contributed by atoms with van der Waals surface area (Å²) in [6.07, 6.45) is 2.35. The van der Waals surface area contributed by atoms with E-state index in [9.17, 15) is 9.59 Å². The molecular weight excluding hydrogens is 230 g/mol. The highest BCUT2D eigenvalue weighted by Crippen LogP contribution is 2.19. The number of carbonyl (C=O) groups is 2. The molecule has 18 heavy (non-hydrogen) atoms. The lowest BCUT2D eigenvalue weighted by molar-refractivity contribution is -0.139. The van der Waals surface area contributed by atoms with Crippen LogP contribution < -0.4 is 10.6 Å². The molecule has 0 aliphatic carbocycles. The molecule has 5 nitrogen and oxygen atoms in total. The van der Waals surface area contributed by atoms with Crippen LogP contribution in [0.2, 0.25) is 0 Å². The molecule has 0 aromatic carbocycles. The summed E-state index contributed by atoms with van der Waals surface area (Å²) in [5, 5.41) is 6.22. The Hall–Kier alpha value is -1.10. The van der Waals surface area contributed by atoms with Crippen molar-refractivity contribution in [1.29, 1.82) is 0 Å². The SMILES string of the molecule is CCC1CN(C(=O)C2CNC(=O)C2)C(CC)CN1. The van der Waals surface area contributed by atoms with Gasteiger partial charge in [0.2, 0.25) is 11.8 Å². The zero-order chi connectivity index (χ0) is 13.1. The van der Waals surface area contributed by atoms with Crippen molar-refractivity contribution in [2.24, 2.45) is 5.92 Å². The molecule has 2 amide bonds. The molecule has 0 aromatic heterocycles. The summed E-state index contributed by atoms with van der Waals surface area (Å²) in [7, 11) is 0. The van der Waals surface area contributed by atoms with Crippen molar-refractivity contribution in [2.75, 3.05) is 19.6 Å². The fraction of sp³-hybridized carbons (Fsp3) is 0.846. The van der Waals surface area contributed by atoms with Crippen LogP contribution in [0.25, 0.3) is 0 Å². The molecule has 5 heteroatoms. The molecule has 2 saturated heterocycles. The van der Waals surface area contributed by atoms with Crippen LogP contribution in [0.4, 0.5) is 0 Å². The zero-order valence-corrected chi connectivity index (χ0v) is 11.2. The van der Waals surface area contributed by atoms with E-state index >= 15 is 0 Å². The van der Waals surface area contributed by atoms with Crippen LogP contribution in [-0.2, 0) is 9.59 Å².